The van der Waals surface area contributed by atoms with E-state index in [1.54, 1.807) is 43.5 Å². The third-order valence-electron chi connectivity index (χ3n) is 3.89. The van der Waals surface area contributed by atoms with Gasteiger partial charge in [0.2, 0.25) is 5.95 Å². The van der Waals surface area contributed by atoms with Gasteiger partial charge in [0.05, 0.1) is 12.3 Å². The lowest BCUT2D eigenvalue weighted by molar-refractivity contribution is -0.114. The van der Waals surface area contributed by atoms with Gasteiger partial charge in [0.1, 0.15) is 11.3 Å². The van der Waals surface area contributed by atoms with Crippen molar-refractivity contribution < 1.29 is 9.53 Å². The summed E-state index contributed by atoms with van der Waals surface area (Å²) < 4.78 is 5.05. The Morgan fingerprint density at radius 1 is 1.26 bits per heavy atom. The number of rotatable bonds is 8. The van der Waals surface area contributed by atoms with E-state index < -0.39 is 5.91 Å². The van der Waals surface area contributed by atoms with Gasteiger partial charge in [-0.2, -0.15) is 10.1 Å². The van der Waals surface area contributed by atoms with Gasteiger partial charge in [-0.3, -0.25) is 4.79 Å². The van der Waals surface area contributed by atoms with Crippen molar-refractivity contribution in [2.75, 3.05) is 16.9 Å². The highest BCUT2D eigenvalue weighted by atomic mass is 35.5. The lowest BCUT2D eigenvalue weighted by Gasteiger charge is -2.15. The number of carbonyl (C=O) groups is 1. The molecule has 1 N–H and O–H groups in total. The molecule has 10 heteroatoms. The molecule has 0 saturated heterocycles. The maximum absolute atomic E-state index is 12.5. The fourth-order valence-corrected chi connectivity index (χ4v) is 2.85. The topological polar surface area (TPSA) is 92.6 Å². The molecule has 0 aliphatic rings. The predicted octanol–water partition coefficient (Wildman–Crippen LogP) is 5.00. The highest BCUT2D eigenvalue weighted by molar-refractivity contribution is 6.43. The first-order valence-electron chi connectivity index (χ1n) is 9.12. The normalized spacial score (nSPS) is 11.0. The zero-order valence-electron chi connectivity index (χ0n) is 16.5. The number of pyridine rings is 1. The molecule has 1 aromatic carbocycles. The molecule has 0 aliphatic carbocycles. The van der Waals surface area contributed by atoms with Crippen molar-refractivity contribution in [2.45, 2.75) is 6.92 Å². The molecule has 0 bridgehead atoms. The van der Waals surface area contributed by atoms with E-state index in [0.717, 1.165) is 17.0 Å². The summed E-state index contributed by atoms with van der Waals surface area (Å²) >= 11 is 12.0. The van der Waals surface area contributed by atoms with E-state index in [-0.39, 0.29) is 10.9 Å². The van der Waals surface area contributed by atoms with Crippen LogP contribution in [0.5, 0.6) is 0 Å². The second-order valence-corrected chi connectivity index (χ2v) is 6.83. The van der Waals surface area contributed by atoms with E-state index in [1.165, 1.54) is 6.20 Å². The maximum Gasteiger partial charge on any atom is 0.294 e. The molecule has 3 aromatic rings. The summed E-state index contributed by atoms with van der Waals surface area (Å²) in [6.45, 7) is 5.58. The van der Waals surface area contributed by atoms with E-state index in [0.29, 0.717) is 28.8 Å². The van der Waals surface area contributed by atoms with Gasteiger partial charge in [0.15, 0.2) is 5.82 Å². The molecule has 0 unspecified atom stereocenters. The summed E-state index contributed by atoms with van der Waals surface area (Å²) in [5, 5.41) is 8.26. The Bertz CT molecular complexity index is 1120. The Morgan fingerprint density at radius 3 is 2.81 bits per heavy atom. The summed E-state index contributed by atoms with van der Waals surface area (Å²) in [5.41, 5.74) is 2.05. The van der Waals surface area contributed by atoms with Gasteiger partial charge in [0, 0.05) is 35.4 Å². The number of anilines is 3. The molecule has 2 heterocycles. The highest BCUT2D eigenvalue weighted by Gasteiger charge is 2.20. The van der Waals surface area contributed by atoms with Gasteiger partial charge in [-0.25, -0.2) is 15.0 Å². The highest BCUT2D eigenvalue weighted by Crippen LogP contribution is 2.25. The average Bonchev–Trinajstić information content (AvgIpc) is 2.78. The average molecular weight is 457 g/mol. The SMILES string of the molecule is C=NN(C(=O)/C(Cl)=C/OCC)c1cc(-c2ccnc(Nc3cccc(Cl)c3)n2)ccn1. The molecular weight excluding hydrogens is 439 g/mol. The smallest absolute Gasteiger partial charge is 0.294 e. The Morgan fingerprint density at radius 2 is 2.06 bits per heavy atom. The van der Waals surface area contributed by atoms with Gasteiger partial charge in [0.25, 0.3) is 5.91 Å². The second kappa shape index (κ2) is 10.5. The molecule has 31 heavy (non-hydrogen) atoms. The minimum Gasteiger partial charge on any atom is -0.500 e. The van der Waals surface area contributed by atoms with Crippen molar-refractivity contribution in [2.24, 2.45) is 5.10 Å². The van der Waals surface area contributed by atoms with Gasteiger partial charge >= 0.3 is 0 Å². The number of aromatic nitrogens is 3. The van der Waals surface area contributed by atoms with Crippen molar-refractivity contribution in [1.29, 1.82) is 0 Å². The Hall–Kier alpha value is -3.49. The fourth-order valence-electron chi connectivity index (χ4n) is 2.52. The number of halogens is 2. The number of carbonyl (C=O) groups excluding carboxylic acids is 1. The van der Waals surface area contributed by atoms with Crippen molar-refractivity contribution in [3.8, 4) is 11.3 Å². The molecule has 0 saturated carbocycles. The van der Waals surface area contributed by atoms with Gasteiger partial charge in [-0.1, -0.05) is 29.3 Å². The quantitative estimate of drug-likeness (QED) is 0.222. The number of nitrogens with one attached hydrogen (secondary N) is 1. The number of ether oxygens (including phenoxy) is 1. The predicted molar refractivity (Wildman–Crippen MR) is 123 cm³/mol. The standard InChI is InChI=1S/C21H18Cl2N6O2/c1-3-31-13-17(23)20(30)29(24-2)19-11-14(7-9-25-19)18-8-10-26-21(28-18)27-16-6-4-5-15(22)12-16/h4-13H,2-3H2,1H3,(H,26,27,28)/b17-13-. The number of nitrogens with zero attached hydrogens (tertiary/aromatic N) is 5. The zero-order chi connectivity index (χ0) is 22.2. The van der Waals surface area contributed by atoms with Crippen molar-refractivity contribution in [3.05, 3.63) is 71.2 Å². The van der Waals surface area contributed by atoms with Gasteiger partial charge < -0.3 is 10.1 Å². The lowest BCUT2D eigenvalue weighted by atomic mass is 10.2. The van der Waals surface area contributed by atoms with Crippen LogP contribution in [0.2, 0.25) is 5.02 Å². The lowest BCUT2D eigenvalue weighted by Crippen LogP contribution is -2.26. The number of amides is 1. The van der Waals surface area contributed by atoms with Crippen LogP contribution in [0.3, 0.4) is 0 Å². The third kappa shape index (κ3) is 5.78. The van der Waals surface area contributed by atoms with Crippen LogP contribution < -0.4 is 10.3 Å². The molecule has 0 spiro atoms. The van der Waals surface area contributed by atoms with Crippen LogP contribution >= 0.6 is 23.2 Å². The number of hydrogen-bond acceptors (Lipinski definition) is 7. The largest absolute Gasteiger partial charge is 0.500 e. The Labute approximate surface area is 189 Å². The van der Waals surface area contributed by atoms with Crippen molar-refractivity contribution in [1.82, 2.24) is 15.0 Å². The number of hydrazone groups is 1. The first-order chi connectivity index (χ1) is 15.0. The van der Waals surface area contributed by atoms with E-state index in [1.807, 2.05) is 12.1 Å². The van der Waals surface area contributed by atoms with E-state index in [4.69, 9.17) is 27.9 Å². The molecular formula is C21H18Cl2N6O2. The van der Waals surface area contributed by atoms with Crippen LogP contribution in [0, 0.1) is 0 Å². The second-order valence-electron chi connectivity index (χ2n) is 5.98. The van der Waals surface area contributed by atoms with E-state index >= 15 is 0 Å². The minimum atomic E-state index is -0.624. The number of benzene rings is 1. The maximum atomic E-state index is 12.5. The van der Waals surface area contributed by atoms with E-state index in [9.17, 15) is 4.79 Å². The van der Waals surface area contributed by atoms with E-state index in [2.05, 4.69) is 32.1 Å². The molecule has 0 atom stereocenters. The third-order valence-corrected chi connectivity index (χ3v) is 4.37. The van der Waals surface area contributed by atoms with Crippen LogP contribution in [0.4, 0.5) is 17.5 Å². The molecule has 0 radical (unpaired) electrons. The first kappa shape index (κ1) is 22.2. The van der Waals surface area contributed by atoms with Crippen molar-refractivity contribution >= 4 is 53.3 Å². The first-order valence-corrected chi connectivity index (χ1v) is 9.88. The van der Waals surface area contributed by atoms with Gasteiger partial charge in [-0.05, 0) is 43.3 Å². The molecule has 0 fully saturated rings. The van der Waals surface area contributed by atoms with Crippen LogP contribution in [-0.4, -0.2) is 34.2 Å². The summed E-state index contributed by atoms with van der Waals surface area (Å²) in [6, 6.07) is 12.3. The molecule has 2 aromatic heterocycles. The molecule has 8 nitrogen and oxygen atoms in total. The zero-order valence-corrected chi connectivity index (χ0v) is 18.0. The molecule has 158 valence electrons. The monoisotopic (exact) mass is 456 g/mol. The van der Waals surface area contributed by atoms with Crippen LogP contribution in [-0.2, 0) is 9.53 Å². The van der Waals surface area contributed by atoms with Crippen LogP contribution in [0.15, 0.2) is 71.3 Å². The molecule has 1 amide bonds. The fraction of sp³-hybridized carbons (Fsp3) is 0.0952. The van der Waals surface area contributed by atoms with Crippen molar-refractivity contribution in [3.63, 3.8) is 0 Å². The Kier molecular flexibility index (Phi) is 7.53. The summed E-state index contributed by atoms with van der Waals surface area (Å²) in [4.78, 5) is 25.5. The number of hydrogen-bond donors (Lipinski definition) is 1. The van der Waals surface area contributed by atoms with Crippen LogP contribution in [0.1, 0.15) is 6.92 Å². The summed E-state index contributed by atoms with van der Waals surface area (Å²) in [5.74, 6) is -0.0140. The van der Waals surface area contributed by atoms with Crippen LogP contribution in [0.25, 0.3) is 11.3 Å². The summed E-state index contributed by atoms with van der Waals surface area (Å²) in [7, 11) is 0. The molecule has 3 rings (SSSR count). The van der Waals surface area contributed by atoms with Gasteiger partial charge in [-0.15, -0.1) is 0 Å². The summed E-state index contributed by atoms with van der Waals surface area (Å²) in [6.07, 6.45) is 4.30. The molecule has 0 aliphatic heterocycles. The Balaban J connectivity index is 1.87. The minimum absolute atomic E-state index is 0.156.